The van der Waals surface area contributed by atoms with Gasteiger partial charge < -0.3 is 9.47 Å². The minimum absolute atomic E-state index is 0.330. The number of carbonyl (C=O) groups is 1. The molecular formula is C23H17ClN4O3S2. The Morgan fingerprint density at radius 3 is 2.48 bits per heavy atom. The van der Waals surface area contributed by atoms with Crippen molar-refractivity contribution in [1.82, 2.24) is 19.6 Å². The molecule has 0 saturated heterocycles. The fraction of sp³-hybridized carbons (Fsp3) is 0.130. The highest BCUT2D eigenvalue weighted by Gasteiger charge is 2.22. The van der Waals surface area contributed by atoms with Gasteiger partial charge in [0.2, 0.25) is 4.96 Å². The second-order valence-corrected chi connectivity index (χ2v) is 9.47. The van der Waals surface area contributed by atoms with Gasteiger partial charge in [-0.1, -0.05) is 53.3 Å². The molecular weight excluding hydrogens is 480 g/mol. The third kappa shape index (κ3) is 3.78. The van der Waals surface area contributed by atoms with Crippen LogP contribution in [-0.4, -0.2) is 39.8 Å². The molecule has 2 aromatic carbocycles. The van der Waals surface area contributed by atoms with Crippen LogP contribution in [0.5, 0.6) is 0 Å². The largest absolute Gasteiger partial charge is 0.503 e. The molecule has 166 valence electrons. The molecule has 0 unspecified atom stereocenters. The summed E-state index contributed by atoms with van der Waals surface area (Å²) in [5.74, 6) is 0.126. The van der Waals surface area contributed by atoms with Gasteiger partial charge in [0, 0.05) is 11.1 Å². The van der Waals surface area contributed by atoms with Crippen molar-refractivity contribution in [2.24, 2.45) is 0 Å². The number of aromatic nitrogens is 4. The zero-order valence-electron chi connectivity index (χ0n) is 17.8. The Labute approximate surface area is 201 Å². The molecule has 3 heterocycles. The molecule has 0 aliphatic heterocycles. The molecule has 0 amide bonds. The van der Waals surface area contributed by atoms with E-state index < -0.39 is 5.97 Å². The summed E-state index contributed by atoms with van der Waals surface area (Å²) in [6, 6.07) is 13.7. The first-order chi connectivity index (χ1) is 16.0. The Bertz CT molecular complexity index is 1530. The number of rotatable bonds is 5. The second kappa shape index (κ2) is 8.58. The summed E-state index contributed by atoms with van der Waals surface area (Å²) in [5, 5.41) is 6.26. The number of nitrogens with zero attached hydrogens (tertiary/aromatic N) is 4. The zero-order chi connectivity index (χ0) is 23.1. The van der Waals surface area contributed by atoms with Crippen LogP contribution in [0.15, 0.2) is 48.7 Å². The van der Waals surface area contributed by atoms with Gasteiger partial charge in [0.25, 0.3) is 0 Å². The number of fused-ring (bicyclic) bond motifs is 2. The molecule has 0 aliphatic carbocycles. The Balaban J connectivity index is 1.47. The number of ether oxygens (including phenoxy) is 2. The van der Waals surface area contributed by atoms with Crippen LogP contribution in [0.25, 0.3) is 42.7 Å². The fourth-order valence-electron chi connectivity index (χ4n) is 3.44. The molecule has 3 aromatic heterocycles. The van der Waals surface area contributed by atoms with Crippen molar-refractivity contribution in [3.05, 3.63) is 64.3 Å². The first-order valence-electron chi connectivity index (χ1n) is 9.84. The number of halogens is 1. The molecule has 0 bridgehead atoms. The maximum absolute atomic E-state index is 12.1. The van der Waals surface area contributed by atoms with Crippen molar-refractivity contribution in [3.8, 4) is 22.0 Å². The van der Waals surface area contributed by atoms with E-state index in [-0.39, 0.29) is 0 Å². The van der Waals surface area contributed by atoms with Gasteiger partial charge in [-0.2, -0.15) is 4.98 Å². The van der Waals surface area contributed by atoms with Crippen LogP contribution in [0, 0.1) is 6.92 Å². The van der Waals surface area contributed by atoms with Gasteiger partial charge in [-0.3, -0.25) is 0 Å². The van der Waals surface area contributed by atoms with Crippen LogP contribution in [-0.2, 0) is 14.3 Å². The summed E-state index contributed by atoms with van der Waals surface area (Å²) >= 11 is 9.22. The summed E-state index contributed by atoms with van der Waals surface area (Å²) in [4.78, 5) is 22.9. The molecule has 10 heteroatoms. The summed E-state index contributed by atoms with van der Waals surface area (Å²) < 4.78 is 12.6. The predicted molar refractivity (Wildman–Crippen MR) is 132 cm³/mol. The van der Waals surface area contributed by atoms with Crippen LogP contribution >= 0.6 is 34.3 Å². The van der Waals surface area contributed by atoms with Gasteiger partial charge in [-0.25, -0.2) is 14.3 Å². The minimum atomic E-state index is -0.476. The van der Waals surface area contributed by atoms with E-state index in [0.717, 1.165) is 32.0 Å². The lowest BCUT2D eigenvalue weighted by Gasteiger charge is -2.03. The lowest BCUT2D eigenvalue weighted by atomic mass is 10.1. The Hall–Kier alpha value is -3.27. The third-order valence-corrected chi connectivity index (χ3v) is 7.81. The Morgan fingerprint density at radius 1 is 1.06 bits per heavy atom. The van der Waals surface area contributed by atoms with Gasteiger partial charge in [-0.05, 0) is 19.1 Å². The highest BCUT2D eigenvalue weighted by Crippen LogP contribution is 2.35. The molecule has 0 saturated carbocycles. The molecule has 0 aliphatic rings. The van der Waals surface area contributed by atoms with Crippen molar-refractivity contribution in [3.63, 3.8) is 0 Å². The molecule has 0 spiro atoms. The first-order valence-corrected chi connectivity index (χ1v) is 11.8. The third-order valence-electron chi connectivity index (χ3n) is 5.06. The molecule has 33 heavy (non-hydrogen) atoms. The Morgan fingerprint density at radius 2 is 1.82 bits per heavy atom. The maximum atomic E-state index is 12.1. The SMILES string of the molecule is CO/C=C(/C(=O)OC)c1sc2nc(-c3ccc(-c4nc5cccc(Cl)c5s4)cc3)nn2c1C. The van der Waals surface area contributed by atoms with Crippen LogP contribution in [0.4, 0.5) is 0 Å². The van der Waals surface area contributed by atoms with Crippen molar-refractivity contribution in [2.75, 3.05) is 14.2 Å². The monoisotopic (exact) mass is 496 g/mol. The van der Waals surface area contributed by atoms with E-state index in [9.17, 15) is 4.79 Å². The molecule has 7 nitrogen and oxygen atoms in total. The van der Waals surface area contributed by atoms with Crippen molar-refractivity contribution in [1.29, 1.82) is 0 Å². The lowest BCUT2D eigenvalue weighted by Crippen LogP contribution is -2.05. The van der Waals surface area contributed by atoms with Crippen molar-refractivity contribution < 1.29 is 14.3 Å². The van der Waals surface area contributed by atoms with E-state index in [0.29, 0.717) is 26.3 Å². The number of hydrogen-bond acceptors (Lipinski definition) is 8. The average Bonchev–Trinajstić information content (AvgIpc) is 3.52. The number of aryl methyl sites for hydroxylation is 1. The number of methoxy groups -OCH3 is 2. The average molecular weight is 497 g/mol. The van der Waals surface area contributed by atoms with E-state index in [1.165, 1.54) is 31.8 Å². The van der Waals surface area contributed by atoms with Crippen LogP contribution < -0.4 is 0 Å². The minimum Gasteiger partial charge on any atom is -0.503 e. The van der Waals surface area contributed by atoms with Crippen molar-refractivity contribution >= 4 is 61.0 Å². The quantitative estimate of drug-likeness (QED) is 0.172. The number of carbonyl (C=O) groups excluding carboxylic acids is 1. The zero-order valence-corrected chi connectivity index (χ0v) is 20.2. The lowest BCUT2D eigenvalue weighted by molar-refractivity contribution is -0.133. The van der Waals surface area contributed by atoms with Crippen LogP contribution in [0.3, 0.4) is 0 Å². The normalized spacial score (nSPS) is 11.9. The Kier molecular flexibility index (Phi) is 5.61. The second-order valence-electron chi connectivity index (χ2n) is 7.09. The van der Waals surface area contributed by atoms with E-state index >= 15 is 0 Å². The molecule has 0 atom stereocenters. The summed E-state index contributed by atoms with van der Waals surface area (Å²) in [5.41, 5.74) is 3.89. The maximum Gasteiger partial charge on any atom is 0.342 e. The smallest absolute Gasteiger partial charge is 0.342 e. The van der Waals surface area contributed by atoms with E-state index in [2.05, 4.69) is 10.1 Å². The summed E-state index contributed by atoms with van der Waals surface area (Å²) in [7, 11) is 2.82. The standard InChI is InChI=1S/C23H17ClN4O3S2/c1-12-18(15(11-30-2)22(29)31-3)33-23-26-20(27-28(12)23)13-7-9-14(10-8-13)21-25-17-6-4-5-16(24)19(17)32-21/h4-11H,1-3H3/b15-11+. The number of benzene rings is 2. The van der Waals surface area contributed by atoms with Crippen LogP contribution in [0.2, 0.25) is 5.02 Å². The summed E-state index contributed by atoms with van der Waals surface area (Å²) in [6.07, 6.45) is 1.37. The fourth-order valence-corrected chi connectivity index (χ4v) is 5.75. The highest BCUT2D eigenvalue weighted by molar-refractivity contribution is 7.22. The van der Waals surface area contributed by atoms with Gasteiger partial charge >= 0.3 is 5.97 Å². The van der Waals surface area contributed by atoms with Gasteiger partial charge in [0.15, 0.2) is 5.82 Å². The van der Waals surface area contributed by atoms with Gasteiger partial charge in [0.1, 0.15) is 10.6 Å². The number of esters is 1. The molecule has 0 fully saturated rings. The predicted octanol–water partition coefficient (Wildman–Crippen LogP) is 5.86. The van der Waals surface area contributed by atoms with Crippen molar-refractivity contribution in [2.45, 2.75) is 6.92 Å². The van der Waals surface area contributed by atoms with E-state index in [1.54, 1.807) is 15.9 Å². The van der Waals surface area contributed by atoms with Crippen LogP contribution in [0.1, 0.15) is 10.6 Å². The molecule has 5 rings (SSSR count). The molecule has 0 N–H and O–H groups in total. The summed E-state index contributed by atoms with van der Waals surface area (Å²) in [6.45, 7) is 1.88. The van der Waals surface area contributed by atoms with E-state index in [4.69, 9.17) is 26.1 Å². The number of thiazole rings is 2. The molecule has 5 aromatic rings. The first kappa shape index (κ1) is 21.6. The molecule has 0 radical (unpaired) electrons. The highest BCUT2D eigenvalue weighted by atomic mass is 35.5. The van der Waals surface area contributed by atoms with Gasteiger partial charge in [0.05, 0.1) is 46.3 Å². The van der Waals surface area contributed by atoms with Gasteiger partial charge in [-0.15, -0.1) is 16.4 Å². The number of hydrogen-bond donors (Lipinski definition) is 0. The topological polar surface area (TPSA) is 78.6 Å². The van der Waals surface area contributed by atoms with E-state index in [1.807, 2.05) is 49.4 Å².